The standard InChI is InChI=1S/C9H10N2O/c1-7-8(6-12-2)3-4-9(5-10)11-7/h3-4H,6H2,1-2H3. The normalized spacial score (nSPS) is 9.42. The highest BCUT2D eigenvalue weighted by Gasteiger charge is 1.99. The first-order valence-electron chi connectivity index (χ1n) is 3.63. The molecule has 1 heterocycles. The van der Waals surface area contributed by atoms with E-state index in [1.807, 2.05) is 19.1 Å². The van der Waals surface area contributed by atoms with Gasteiger partial charge in [0.1, 0.15) is 11.8 Å². The molecule has 0 radical (unpaired) electrons. The summed E-state index contributed by atoms with van der Waals surface area (Å²) >= 11 is 0. The summed E-state index contributed by atoms with van der Waals surface area (Å²) in [5.41, 5.74) is 2.33. The Morgan fingerprint density at radius 1 is 1.58 bits per heavy atom. The van der Waals surface area contributed by atoms with Crippen molar-refractivity contribution in [3.63, 3.8) is 0 Å². The van der Waals surface area contributed by atoms with Crippen LogP contribution in [0.25, 0.3) is 0 Å². The highest BCUT2D eigenvalue weighted by atomic mass is 16.5. The highest BCUT2D eigenvalue weighted by molar-refractivity contribution is 5.27. The first kappa shape index (κ1) is 8.69. The largest absolute Gasteiger partial charge is 0.380 e. The number of ether oxygens (including phenoxy) is 1. The lowest BCUT2D eigenvalue weighted by molar-refractivity contribution is 0.184. The molecule has 0 aliphatic heterocycles. The quantitative estimate of drug-likeness (QED) is 0.660. The molecule has 0 amide bonds. The van der Waals surface area contributed by atoms with E-state index in [0.29, 0.717) is 12.3 Å². The highest BCUT2D eigenvalue weighted by Crippen LogP contribution is 2.06. The Hall–Kier alpha value is -1.40. The van der Waals surface area contributed by atoms with Gasteiger partial charge in [-0.15, -0.1) is 0 Å². The Kier molecular flexibility index (Phi) is 2.78. The smallest absolute Gasteiger partial charge is 0.140 e. The molecule has 0 N–H and O–H groups in total. The predicted octanol–water partition coefficient (Wildman–Crippen LogP) is 1.41. The lowest BCUT2D eigenvalue weighted by Crippen LogP contribution is -1.96. The van der Waals surface area contributed by atoms with Crippen LogP contribution in [0.2, 0.25) is 0 Å². The molecular weight excluding hydrogens is 152 g/mol. The zero-order chi connectivity index (χ0) is 8.97. The van der Waals surface area contributed by atoms with Gasteiger partial charge in [0.25, 0.3) is 0 Å². The van der Waals surface area contributed by atoms with E-state index >= 15 is 0 Å². The van der Waals surface area contributed by atoms with Gasteiger partial charge in [-0.05, 0) is 18.6 Å². The van der Waals surface area contributed by atoms with Crippen LogP contribution >= 0.6 is 0 Å². The molecule has 0 bridgehead atoms. The van der Waals surface area contributed by atoms with Crippen LogP contribution in [-0.2, 0) is 11.3 Å². The second-order valence-corrected chi connectivity index (χ2v) is 2.49. The summed E-state index contributed by atoms with van der Waals surface area (Å²) in [5.74, 6) is 0. The molecule has 12 heavy (non-hydrogen) atoms. The van der Waals surface area contributed by atoms with Gasteiger partial charge in [0, 0.05) is 12.8 Å². The zero-order valence-corrected chi connectivity index (χ0v) is 7.16. The fraction of sp³-hybridized carbons (Fsp3) is 0.333. The molecule has 0 unspecified atom stereocenters. The molecule has 1 aromatic heterocycles. The van der Waals surface area contributed by atoms with Gasteiger partial charge in [-0.1, -0.05) is 6.07 Å². The predicted molar refractivity (Wildman–Crippen MR) is 44.4 cm³/mol. The van der Waals surface area contributed by atoms with Gasteiger partial charge < -0.3 is 4.74 Å². The Morgan fingerprint density at radius 3 is 2.83 bits per heavy atom. The minimum atomic E-state index is 0.451. The van der Waals surface area contributed by atoms with E-state index in [0.717, 1.165) is 11.3 Å². The first-order valence-corrected chi connectivity index (χ1v) is 3.63. The van der Waals surface area contributed by atoms with Gasteiger partial charge in [-0.2, -0.15) is 5.26 Å². The number of aryl methyl sites for hydroxylation is 1. The number of rotatable bonds is 2. The third-order valence-electron chi connectivity index (χ3n) is 1.61. The molecule has 62 valence electrons. The van der Waals surface area contributed by atoms with Crippen LogP contribution in [0.1, 0.15) is 17.0 Å². The van der Waals surface area contributed by atoms with Crippen molar-refractivity contribution in [2.24, 2.45) is 0 Å². The lowest BCUT2D eigenvalue weighted by Gasteiger charge is -2.02. The van der Waals surface area contributed by atoms with Crippen molar-refractivity contribution in [3.8, 4) is 6.07 Å². The van der Waals surface area contributed by atoms with Crippen molar-refractivity contribution in [3.05, 3.63) is 29.1 Å². The van der Waals surface area contributed by atoms with E-state index in [9.17, 15) is 0 Å². The van der Waals surface area contributed by atoms with Crippen LogP contribution in [-0.4, -0.2) is 12.1 Å². The van der Waals surface area contributed by atoms with E-state index in [1.54, 1.807) is 13.2 Å². The van der Waals surface area contributed by atoms with E-state index in [4.69, 9.17) is 10.00 Å². The van der Waals surface area contributed by atoms with E-state index < -0.39 is 0 Å². The van der Waals surface area contributed by atoms with Crippen LogP contribution in [0.3, 0.4) is 0 Å². The number of nitrogens with zero attached hydrogens (tertiary/aromatic N) is 2. The molecule has 0 spiro atoms. The first-order chi connectivity index (χ1) is 5.77. The number of pyridine rings is 1. The molecule has 0 aromatic carbocycles. The third kappa shape index (κ3) is 1.80. The van der Waals surface area contributed by atoms with E-state index in [1.165, 1.54) is 0 Å². The van der Waals surface area contributed by atoms with Gasteiger partial charge in [0.2, 0.25) is 0 Å². The number of hydrogen-bond acceptors (Lipinski definition) is 3. The van der Waals surface area contributed by atoms with Crippen molar-refractivity contribution in [1.29, 1.82) is 5.26 Å². The van der Waals surface area contributed by atoms with E-state index in [2.05, 4.69) is 4.98 Å². The van der Waals surface area contributed by atoms with Gasteiger partial charge in [0.15, 0.2) is 0 Å². The van der Waals surface area contributed by atoms with Crippen molar-refractivity contribution < 1.29 is 4.74 Å². The number of hydrogen-bond donors (Lipinski definition) is 0. The Labute approximate surface area is 71.6 Å². The Bertz CT molecular complexity index is 315. The molecule has 0 aliphatic carbocycles. The number of aromatic nitrogens is 1. The molecule has 3 nitrogen and oxygen atoms in total. The Balaban J connectivity index is 2.97. The van der Waals surface area contributed by atoms with Gasteiger partial charge in [0.05, 0.1) is 6.61 Å². The molecule has 0 saturated carbocycles. The second-order valence-electron chi connectivity index (χ2n) is 2.49. The average Bonchev–Trinajstić information content (AvgIpc) is 2.09. The summed E-state index contributed by atoms with van der Waals surface area (Å²) in [6, 6.07) is 5.55. The monoisotopic (exact) mass is 162 g/mol. The lowest BCUT2D eigenvalue weighted by atomic mass is 10.2. The summed E-state index contributed by atoms with van der Waals surface area (Å²) < 4.78 is 4.96. The molecule has 0 atom stereocenters. The van der Waals surface area contributed by atoms with Crippen LogP contribution in [0.5, 0.6) is 0 Å². The maximum Gasteiger partial charge on any atom is 0.140 e. The van der Waals surface area contributed by atoms with Crippen molar-refractivity contribution >= 4 is 0 Å². The van der Waals surface area contributed by atoms with Gasteiger partial charge in [-0.25, -0.2) is 4.98 Å². The summed E-state index contributed by atoms with van der Waals surface area (Å²) in [4.78, 5) is 4.07. The molecule has 0 aliphatic rings. The molecule has 3 heteroatoms. The molecule has 1 aromatic rings. The van der Waals surface area contributed by atoms with Crippen molar-refractivity contribution in [1.82, 2.24) is 4.98 Å². The summed E-state index contributed by atoms with van der Waals surface area (Å²) in [6.07, 6.45) is 0. The third-order valence-corrected chi connectivity index (χ3v) is 1.61. The number of methoxy groups -OCH3 is 1. The van der Waals surface area contributed by atoms with Crippen LogP contribution < -0.4 is 0 Å². The summed E-state index contributed by atoms with van der Waals surface area (Å²) in [5, 5.41) is 8.54. The Morgan fingerprint density at radius 2 is 2.33 bits per heavy atom. The minimum Gasteiger partial charge on any atom is -0.380 e. The zero-order valence-electron chi connectivity index (χ0n) is 7.16. The van der Waals surface area contributed by atoms with Crippen molar-refractivity contribution in [2.75, 3.05) is 7.11 Å². The molecule has 0 saturated heterocycles. The average molecular weight is 162 g/mol. The van der Waals surface area contributed by atoms with Gasteiger partial charge in [-0.3, -0.25) is 0 Å². The van der Waals surface area contributed by atoms with Gasteiger partial charge >= 0.3 is 0 Å². The summed E-state index contributed by atoms with van der Waals surface area (Å²) in [6.45, 7) is 2.42. The molecule has 1 rings (SSSR count). The fourth-order valence-electron chi connectivity index (χ4n) is 0.960. The fourth-order valence-corrected chi connectivity index (χ4v) is 0.960. The minimum absolute atomic E-state index is 0.451. The number of nitriles is 1. The van der Waals surface area contributed by atoms with Crippen LogP contribution in [0.15, 0.2) is 12.1 Å². The second kappa shape index (κ2) is 3.84. The molecular formula is C9H10N2O. The SMILES string of the molecule is COCc1ccc(C#N)nc1C. The maximum atomic E-state index is 8.54. The maximum absolute atomic E-state index is 8.54. The summed E-state index contributed by atoms with van der Waals surface area (Å²) in [7, 11) is 1.64. The van der Waals surface area contributed by atoms with Crippen LogP contribution in [0.4, 0.5) is 0 Å². The topological polar surface area (TPSA) is 45.9 Å². The van der Waals surface area contributed by atoms with Crippen LogP contribution in [0, 0.1) is 18.3 Å². The van der Waals surface area contributed by atoms with E-state index in [-0.39, 0.29) is 0 Å². The van der Waals surface area contributed by atoms with Crippen molar-refractivity contribution in [2.45, 2.75) is 13.5 Å². The molecule has 0 fully saturated rings.